The van der Waals surface area contributed by atoms with Crippen LogP contribution < -0.4 is 5.32 Å². The molecule has 5 nitrogen and oxygen atoms in total. The highest BCUT2D eigenvalue weighted by atomic mass is 16.5. The Balaban J connectivity index is 1.16. The summed E-state index contributed by atoms with van der Waals surface area (Å²) >= 11 is 0. The molecule has 4 saturated carbocycles. The number of ether oxygens (including phenoxy) is 1. The first-order valence-corrected chi connectivity index (χ1v) is 19.8. The number of carbonyl (C=O) groups excluding carboxylic acids is 1. The van der Waals surface area contributed by atoms with Gasteiger partial charge in [0.2, 0.25) is 5.91 Å². The highest BCUT2D eigenvalue weighted by Gasteiger charge is 2.70. The third-order valence-corrected chi connectivity index (χ3v) is 17.0. The zero-order chi connectivity index (χ0) is 34.3. The molecule has 0 radical (unpaired) electrons. The van der Waals surface area contributed by atoms with Crippen molar-refractivity contribution in [2.24, 2.45) is 63.1 Å². The number of carboxylic acid groups (broad SMARTS) is 1. The molecular formula is C43H65NO4. The number of rotatable bonds is 6. The van der Waals surface area contributed by atoms with E-state index in [9.17, 15) is 14.7 Å². The van der Waals surface area contributed by atoms with Crippen LogP contribution in [0.1, 0.15) is 138 Å². The zero-order valence-corrected chi connectivity index (χ0v) is 31.1. The number of aliphatic carboxylic acids is 1. The van der Waals surface area contributed by atoms with Gasteiger partial charge in [0.25, 0.3) is 0 Å². The Morgan fingerprint density at radius 2 is 1.65 bits per heavy atom. The highest BCUT2D eigenvalue weighted by molar-refractivity contribution is 5.77. The highest BCUT2D eigenvalue weighted by Crippen LogP contribution is 2.76. The summed E-state index contributed by atoms with van der Waals surface area (Å²) in [7, 11) is 0. The molecule has 1 amide bonds. The second-order valence-corrected chi connectivity index (χ2v) is 19.2. The van der Waals surface area contributed by atoms with Crippen LogP contribution in [0.25, 0.3) is 0 Å². The summed E-state index contributed by atoms with van der Waals surface area (Å²) in [5, 5.41) is 13.4. The minimum Gasteiger partial charge on any atom is -0.481 e. The van der Waals surface area contributed by atoms with E-state index in [0.717, 1.165) is 64.6 Å². The average Bonchev–Trinajstić information content (AvgIpc) is 3.41. The Hall–Kier alpha value is -1.88. The Morgan fingerprint density at radius 3 is 2.31 bits per heavy atom. The lowest BCUT2D eigenvalue weighted by Gasteiger charge is -2.72. The van der Waals surface area contributed by atoms with Crippen molar-refractivity contribution in [1.82, 2.24) is 5.32 Å². The minimum atomic E-state index is -0.644. The van der Waals surface area contributed by atoms with Crippen LogP contribution in [0.5, 0.6) is 0 Å². The molecule has 0 spiro atoms. The zero-order valence-electron chi connectivity index (χ0n) is 31.1. The molecule has 266 valence electrons. The second kappa shape index (κ2) is 12.1. The maximum atomic E-state index is 13.8. The molecule has 10 atom stereocenters. The maximum absolute atomic E-state index is 13.8. The Kier molecular flexibility index (Phi) is 8.73. The van der Waals surface area contributed by atoms with Crippen LogP contribution in [0.15, 0.2) is 35.5 Å². The molecular weight excluding hydrogens is 594 g/mol. The molecule has 5 fully saturated rings. The topological polar surface area (TPSA) is 75.6 Å². The molecule has 0 aromatic heterocycles. The summed E-state index contributed by atoms with van der Waals surface area (Å²) in [6, 6.07) is 0. The van der Waals surface area contributed by atoms with Crippen molar-refractivity contribution in [3.8, 4) is 0 Å². The van der Waals surface area contributed by atoms with Gasteiger partial charge in [0.05, 0.1) is 5.92 Å². The monoisotopic (exact) mass is 659 g/mol. The van der Waals surface area contributed by atoms with Crippen molar-refractivity contribution in [3.63, 3.8) is 0 Å². The lowest BCUT2D eigenvalue weighted by Crippen LogP contribution is -2.68. The predicted molar refractivity (Wildman–Crippen MR) is 192 cm³/mol. The van der Waals surface area contributed by atoms with Gasteiger partial charge in [-0.3, -0.25) is 9.59 Å². The third-order valence-electron chi connectivity index (χ3n) is 17.0. The first kappa shape index (κ1) is 34.6. The number of amides is 1. The summed E-state index contributed by atoms with van der Waals surface area (Å²) < 4.78 is 5.59. The standard InChI is InChI=1S/C43H65NO4/c1-27(2)31-14-21-43(44-36(45)26-28-17-24-48-25-18-28)23-22-41(6)33(37(31)43)12-13-35-40(5)19-15-32(29-8-10-30(11-9-29)38(46)47)39(3,4)34(40)16-20-42(35,41)7/h8,15,28,30-31,33-35,37H,1,9-14,16-26H2,2-7H3,(H,44,45)(H,46,47)/t30-,31-,33-,34?,35?,37?,40-,41+,42+,43-/m0/s1. The molecule has 2 N–H and O–H groups in total. The number of nitrogens with one attached hydrogen (secondary N) is 1. The Bertz CT molecular complexity index is 1390. The molecule has 48 heavy (non-hydrogen) atoms. The number of hydrogen-bond acceptors (Lipinski definition) is 3. The normalized spacial score (nSPS) is 45.4. The van der Waals surface area contributed by atoms with Gasteiger partial charge in [-0.25, -0.2) is 0 Å². The summed E-state index contributed by atoms with van der Waals surface area (Å²) in [4.78, 5) is 25.4. The van der Waals surface area contributed by atoms with E-state index in [-0.39, 0.29) is 39.0 Å². The SMILES string of the molecule is C=C(C)[C@@H]1CC[C@]2(NC(=O)CC3CCOCC3)CC[C@]3(C)[C@@H](CCC4[C@@]5(C)CC=C(C6=CC[C@H](C(=O)O)CC6)C(C)(C)C5CC[C@]43C)C12. The van der Waals surface area contributed by atoms with E-state index in [4.69, 9.17) is 4.74 Å². The molecule has 1 heterocycles. The van der Waals surface area contributed by atoms with Gasteiger partial charge in [-0.1, -0.05) is 58.9 Å². The van der Waals surface area contributed by atoms with Crippen molar-refractivity contribution in [2.75, 3.05) is 13.2 Å². The van der Waals surface area contributed by atoms with Gasteiger partial charge < -0.3 is 15.2 Å². The van der Waals surface area contributed by atoms with Crippen molar-refractivity contribution in [1.29, 1.82) is 0 Å². The summed E-state index contributed by atoms with van der Waals surface area (Å²) in [5.41, 5.74) is 5.03. The fourth-order valence-corrected chi connectivity index (χ4v) is 14.4. The van der Waals surface area contributed by atoms with Crippen LogP contribution in [0.2, 0.25) is 0 Å². The van der Waals surface area contributed by atoms with Gasteiger partial charge in [0.1, 0.15) is 0 Å². The van der Waals surface area contributed by atoms with Crippen LogP contribution in [0.4, 0.5) is 0 Å². The van der Waals surface area contributed by atoms with Crippen LogP contribution in [0.3, 0.4) is 0 Å². The van der Waals surface area contributed by atoms with E-state index in [0.29, 0.717) is 48.3 Å². The average molecular weight is 660 g/mol. The van der Waals surface area contributed by atoms with Crippen LogP contribution in [0, 0.1) is 63.1 Å². The van der Waals surface area contributed by atoms with Crippen molar-refractivity contribution in [3.05, 3.63) is 35.5 Å². The molecule has 1 aliphatic heterocycles. The van der Waals surface area contributed by atoms with E-state index < -0.39 is 5.97 Å². The quantitative estimate of drug-likeness (QED) is 0.279. The molecule has 3 unspecified atom stereocenters. The van der Waals surface area contributed by atoms with E-state index in [1.54, 1.807) is 0 Å². The largest absolute Gasteiger partial charge is 0.481 e. The number of allylic oxidation sites excluding steroid dienone is 5. The fourth-order valence-electron chi connectivity index (χ4n) is 14.4. The van der Waals surface area contributed by atoms with Crippen molar-refractivity contribution in [2.45, 2.75) is 143 Å². The smallest absolute Gasteiger partial charge is 0.306 e. The van der Waals surface area contributed by atoms with Gasteiger partial charge >= 0.3 is 5.97 Å². The van der Waals surface area contributed by atoms with Gasteiger partial charge in [0, 0.05) is 25.2 Å². The molecule has 0 bridgehead atoms. The number of carbonyl (C=O) groups is 2. The van der Waals surface area contributed by atoms with Crippen LogP contribution in [-0.2, 0) is 14.3 Å². The maximum Gasteiger partial charge on any atom is 0.306 e. The fraction of sp³-hybridized carbons (Fsp3) is 0.814. The number of fused-ring (bicyclic) bond motifs is 7. The second-order valence-electron chi connectivity index (χ2n) is 19.2. The molecule has 7 rings (SSSR count). The molecule has 0 aromatic carbocycles. The van der Waals surface area contributed by atoms with E-state index >= 15 is 0 Å². The van der Waals surface area contributed by atoms with E-state index in [2.05, 4.69) is 65.6 Å². The predicted octanol–water partition coefficient (Wildman–Crippen LogP) is 9.68. The number of hydrogen-bond donors (Lipinski definition) is 2. The Morgan fingerprint density at radius 1 is 0.896 bits per heavy atom. The van der Waals surface area contributed by atoms with Gasteiger partial charge in [-0.15, -0.1) is 0 Å². The van der Waals surface area contributed by atoms with Crippen molar-refractivity contribution >= 4 is 11.9 Å². The lowest BCUT2D eigenvalue weighted by molar-refractivity contribution is -0.221. The molecule has 0 aromatic rings. The molecule has 5 heteroatoms. The molecule has 1 saturated heterocycles. The summed E-state index contributed by atoms with van der Waals surface area (Å²) in [6.07, 6.45) is 20.7. The Labute approximate surface area is 291 Å². The first-order chi connectivity index (χ1) is 22.7. The van der Waals surface area contributed by atoms with E-state index in [1.165, 1.54) is 48.8 Å². The van der Waals surface area contributed by atoms with Gasteiger partial charge in [-0.05, 0) is 165 Å². The van der Waals surface area contributed by atoms with Crippen LogP contribution >= 0.6 is 0 Å². The molecule has 7 aliphatic rings. The number of carboxylic acids is 1. The van der Waals surface area contributed by atoms with E-state index in [1.807, 2.05) is 0 Å². The first-order valence-electron chi connectivity index (χ1n) is 19.8. The van der Waals surface area contributed by atoms with Gasteiger partial charge in [0.15, 0.2) is 0 Å². The van der Waals surface area contributed by atoms with Crippen molar-refractivity contribution < 1.29 is 19.4 Å². The van der Waals surface area contributed by atoms with Crippen LogP contribution in [-0.4, -0.2) is 35.7 Å². The molecule has 6 aliphatic carbocycles. The van der Waals surface area contributed by atoms with Gasteiger partial charge in [-0.2, -0.15) is 0 Å². The summed E-state index contributed by atoms with van der Waals surface area (Å²) in [5.74, 6) is 2.76. The lowest BCUT2D eigenvalue weighted by atomic mass is 9.33. The minimum absolute atomic E-state index is 0.0843. The third kappa shape index (κ3) is 5.16. The summed E-state index contributed by atoms with van der Waals surface area (Å²) in [6.45, 7) is 21.5.